The number of ether oxygens (including phenoxy) is 1. The van der Waals surface area contributed by atoms with Crippen molar-refractivity contribution in [1.29, 1.82) is 0 Å². The number of carbonyl (C=O) groups is 2. The summed E-state index contributed by atoms with van der Waals surface area (Å²) in [4.78, 5) is 38.1. The molecule has 0 radical (unpaired) electrons. The number of hydrogen-bond acceptors (Lipinski definition) is 8. The van der Waals surface area contributed by atoms with Crippen LogP contribution in [0.2, 0.25) is 5.02 Å². The van der Waals surface area contributed by atoms with Gasteiger partial charge < -0.3 is 26.0 Å². The summed E-state index contributed by atoms with van der Waals surface area (Å²) >= 11 is 6.96. The van der Waals surface area contributed by atoms with Gasteiger partial charge >= 0.3 is 0 Å². The number of amides is 2. The van der Waals surface area contributed by atoms with Gasteiger partial charge in [-0.15, -0.1) is 0 Å². The number of benzene rings is 1. The van der Waals surface area contributed by atoms with E-state index in [-0.39, 0.29) is 30.2 Å². The van der Waals surface area contributed by atoms with Crippen molar-refractivity contribution < 1.29 is 18.7 Å². The van der Waals surface area contributed by atoms with E-state index in [4.69, 9.17) is 21.3 Å². The molecule has 1 saturated heterocycles. The largest absolute Gasteiger partial charge is 0.481 e. The van der Waals surface area contributed by atoms with Gasteiger partial charge in [-0.25, -0.2) is 4.98 Å². The Hall–Kier alpha value is -4.45. The van der Waals surface area contributed by atoms with Crippen LogP contribution >= 0.6 is 11.6 Å². The van der Waals surface area contributed by atoms with Crippen LogP contribution < -0.4 is 26.0 Å². The van der Waals surface area contributed by atoms with E-state index < -0.39 is 0 Å². The van der Waals surface area contributed by atoms with Crippen molar-refractivity contribution >= 4 is 29.1 Å². The fourth-order valence-corrected chi connectivity index (χ4v) is 5.58. The molecule has 0 aliphatic carbocycles. The second kappa shape index (κ2) is 15.7. The Kier molecular flexibility index (Phi) is 11.2. The maximum atomic E-state index is 13.1. The molecular weight excluding hydrogens is 609 g/mol. The van der Waals surface area contributed by atoms with Gasteiger partial charge in [-0.1, -0.05) is 35.9 Å². The first-order valence-corrected chi connectivity index (χ1v) is 15.6. The van der Waals surface area contributed by atoms with Crippen LogP contribution in [0.1, 0.15) is 46.4 Å². The molecule has 1 aromatic carbocycles. The molecule has 5 rings (SSSR count). The minimum atomic E-state index is -0.359. The smallest absolute Gasteiger partial charge is 0.274 e. The second-order valence-corrected chi connectivity index (χ2v) is 11.4. The maximum absolute atomic E-state index is 13.1. The van der Waals surface area contributed by atoms with E-state index >= 15 is 0 Å². The molecule has 4 aromatic rings. The highest BCUT2D eigenvalue weighted by Crippen LogP contribution is 2.38. The molecule has 1 fully saturated rings. The number of anilines is 1. The van der Waals surface area contributed by atoms with Crippen LogP contribution in [-0.2, 0) is 17.9 Å². The van der Waals surface area contributed by atoms with E-state index in [1.807, 2.05) is 43.3 Å². The summed E-state index contributed by atoms with van der Waals surface area (Å²) in [6.45, 7) is 3.87. The third kappa shape index (κ3) is 8.03. The molecular formula is C34H37ClFN7O3. The molecule has 0 spiro atoms. The first kappa shape index (κ1) is 32.9. The zero-order valence-corrected chi connectivity index (χ0v) is 26.6. The summed E-state index contributed by atoms with van der Waals surface area (Å²) in [7, 11) is 1.58. The standard InChI is InChI=1S/C34H37ClFN7O3/c1-21-25(5-3-6-27(21)42-33(45)29-10-7-22(18-40-29)17-37-15-4-14-36)32-31(35)26(13-16-39-32)28-11-8-23(34(43-28)46-2)19-38-20-24-9-12-30(44)41-24/h3,5-8,10-11,13,16,18,24,37-38H,4,9,12,14-15,17,19-20H2,1-2H3,(H,41,44)(H,42,45). The van der Waals surface area contributed by atoms with Crippen LogP contribution in [0, 0.1) is 6.92 Å². The predicted molar refractivity (Wildman–Crippen MR) is 177 cm³/mol. The van der Waals surface area contributed by atoms with Crippen LogP contribution in [0.25, 0.3) is 22.5 Å². The number of aromatic nitrogens is 3. The summed E-state index contributed by atoms with van der Waals surface area (Å²) in [5, 5.41) is 12.8. The number of hydrogen-bond donors (Lipinski definition) is 4. The Morgan fingerprint density at radius 2 is 1.96 bits per heavy atom. The lowest BCUT2D eigenvalue weighted by Crippen LogP contribution is -2.35. The molecule has 46 heavy (non-hydrogen) atoms. The number of carbonyl (C=O) groups excluding carboxylic acids is 2. The fourth-order valence-electron chi connectivity index (χ4n) is 5.27. The van der Waals surface area contributed by atoms with Crippen molar-refractivity contribution in [3.63, 3.8) is 0 Å². The van der Waals surface area contributed by atoms with E-state index in [1.165, 1.54) is 0 Å². The molecule has 4 heterocycles. The van der Waals surface area contributed by atoms with Crippen molar-refractivity contribution in [2.24, 2.45) is 0 Å². The van der Waals surface area contributed by atoms with Gasteiger partial charge in [-0.3, -0.25) is 23.9 Å². The highest BCUT2D eigenvalue weighted by molar-refractivity contribution is 6.35. The average Bonchev–Trinajstić information content (AvgIpc) is 3.49. The number of halogens is 2. The number of nitrogens with zero attached hydrogens (tertiary/aromatic N) is 3. The highest BCUT2D eigenvalue weighted by Gasteiger charge is 2.21. The SMILES string of the molecule is COc1nc(-c2ccnc(-c3cccc(NC(=O)c4ccc(CNCCCF)cn4)c3C)c2Cl)ccc1CNCC1CCC(=O)N1. The Bertz CT molecular complexity index is 1690. The Morgan fingerprint density at radius 3 is 2.70 bits per heavy atom. The third-order valence-electron chi connectivity index (χ3n) is 7.80. The Labute approximate surface area is 272 Å². The summed E-state index contributed by atoms with van der Waals surface area (Å²) < 4.78 is 17.9. The zero-order valence-electron chi connectivity index (χ0n) is 25.8. The van der Waals surface area contributed by atoms with Crippen LogP contribution in [0.5, 0.6) is 5.88 Å². The maximum Gasteiger partial charge on any atom is 0.274 e. The molecule has 4 N–H and O–H groups in total. The van der Waals surface area contributed by atoms with Crippen molar-refractivity contribution in [2.45, 2.75) is 45.3 Å². The quantitative estimate of drug-likeness (QED) is 0.137. The average molecular weight is 646 g/mol. The lowest BCUT2D eigenvalue weighted by molar-refractivity contribution is -0.119. The zero-order chi connectivity index (χ0) is 32.5. The molecule has 1 unspecified atom stereocenters. The molecule has 1 atom stereocenters. The first-order chi connectivity index (χ1) is 22.4. The third-order valence-corrected chi connectivity index (χ3v) is 8.18. The van der Waals surface area contributed by atoms with Gasteiger partial charge in [-0.05, 0) is 61.7 Å². The van der Waals surface area contributed by atoms with Crippen LogP contribution in [-0.4, -0.2) is 59.7 Å². The Balaban J connectivity index is 1.30. The summed E-state index contributed by atoms with van der Waals surface area (Å²) in [6, 6.07) is 14.8. The fraction of sp³-hybridized carbons (Fsp3) is 0.324. The van der Waals surface area contributed by atoms with Crippen LogP contribution in [0.4, 0.5) is 10.1 Å². The molecule has 0 saturated carbocycles. The summed E-state index contributed by atoms with van der Waals surface area (Å²) in [5.74, 6) is 0.223. The summed E-state index contributed by atoms with van der Waals surface area (Å²) in [6.07, 6.45) is 5.16. The van der Waals surface area contributed by atoms with Gasteiger partial charge in [0.05, 0.1) is 30.2 Å². The summed E-state index contributed by atoms with van der Waals surface area (Å²) in [5.41, 5.74) is 6.11. The minimum Gasteiger partial charge on any atom is -0.481 e. The van der Waals surface area contributed by atoms with Crippen molar-refractivity contribution in [2.75, 3.05) is 32.2 Å². The van der Waals surface area contributed by atoms with Gasteiger partial charge in [0.2, 0.25) is 11.8 Å². The topological polar surface area (TPSA) is 130 Å². The minimum absolute atomic E-state index is 0.0896. The molecule has 3 aromatic heterocycles. The normalized spacial score (nSPS) is 14.3. The Morgan fingerprint density at radius 1 is 1.09 bits per heavy atom. The monoisotopic (exact) mass is 645 g/mol. The molecule has 0 bridgehead atoms. The van der Waals surface area contributed by atoms with E-state index in [1.54, 1.807) is 31.6 Å². The van der Waals surface area contributed by atoms with Crippen LogP contribution in [0.15, 0.2) is 60.9 Å². The number of rotatable bonds is 14. The molecule has 10 nitrogen and oxygen atoms in total. The van der Waals surface area contributed by atoms with Gasteiger partial charge in [-0.2, -0.15) is 0 Å². The van der Waals surface area contributed by atoms with E-state index in [2.05, 4.69) is 31.2 Å². The lowest BCUT2D eigenvalue weighted by Gasteiger charge is -2.16. The van der Waals surface area contributed by atoms with E-state index in [0.717, 1.165) is 28.7 Å². The number of pyridine rings is 3. The van der Waals surface area contributed by atoms with E-state index in [0.29, 0.717) is 72.6 Å². The van der Waals surface area contributed by atoms with Crippen molar-refractivity contribution in [3.8, 4) is 28.4 Å². The molecule has 2 amide bonds. The van der Waals surface area contributed by atoms with Crippen molar-refractivity contribution in [1.82, 2.24) is 30.9 Å². The van der Waals surface area contributed by atoms with Gasteiger partial charge in [0.25, 0.3) is 5.91 Å². The highest BCUT2D eigenvalue weighted by atomic mass is 35.5. The van der Waals surface area contributed by atoms with Gasteiger partial charge in [0.1, 0.15) is 5.69 Å². The number of methoxy groups -OCH3 is 1. The number of nitrogens with one attached hydrogen (secondary N) is 4. The number of alkyl halides is 1. The molecule has 240 valence electrons. The second-order valence-electron chi connectivity index (χ2n) is 11.0. The van der Waals surface area contributed by atoms with Gasteiger partial charge in [0.15, 0.2) is 0 Å². The van der Waals surface area contributed by atoms with Gasteiger partial charge in [0, 0.05) is 66.9 Å². The first-order valence-electron chi connectivity index (χ1n) is 15.2. The van der Waals surface area contributed by atoms with Crippen molar-refractivity contribution in [3.05, 3.63) is 88.3 Å². The molecule has 1 aliphatic heterocycles. The van der Waals surface area contributed by atoms with Crippen LogP contribution in [0.3, 0.4) is 0 Å². The molecule has 1 aliphatic rings. The predicted octanol–water partition coefficient (Wildman–Crippen LogP) is 5.25. The lowest BCUT2D eigenvalue weighted by atomic mass is 10.0. The molecule has 12 heteroatoms. The van der Waals surface area contributed by atoms with E-state index in [9.17, 15) is 14.0 Å².